The van der Waals surface area contributed by atoms with Crippen LogP contribution in [-0.2, 0) is 21.8 Å². The van der Waals surface area contributed by atoms with Crippen LogP contribution in [0.25, 0.3) is 22.2 Å². The first-order chi connectivity index (χ1) is 17.3. The Labute approximate surface area is 209 Å². The summed E-state index contributed by atoms with van der Waals surface area (Å²) in [5.41, 5.74) is 5.04. The van der Waals surface area contributed by atoms with Crippen LogP contribution in [0.1, 0.15) is 21.7 Å². The van der Waals surface area contributed by atoms with E-state index >= 15 is 0 Å². The lowest BCUT2D eigenvalue weighted by atomic mass is 10.0. The fraction of sp³-hybridized carbons (Fsp3) is 0.269. The van der Waals surface area contributed by atoms with E-state index in [1.807, 2.05) is 45.2 Å². The molecule has 1 saturated heterocycles. The predicted molar refractivity (Wildman–Crippen MR) is 137 cm³/mol. The fourth-order valence-corrected chi connectivity index (χ4v) is 5.89. The first-order valence-corrected chi connectivity index (χ1v) is 13.1. The summed E-state index contributed by atoms with van der Waals surface area (Å²) in [4.78, 5) is 18.4. The summed E-state index contributed by atoms with van der Waals surface area (Å²) in [5.74, 6) is -0.308. The lowest BCUT2D eigenvalue weighted by molar-refractivity contribution is 0.0730. The molecule has 9 nitrogen and oxygen atoms in total. The van der Waals surface area contributed by atoms with Crippen molar-refractivity contribution in [2.24, 2.45) is 7.05 Å². The summed E-state index contributed by atoms with van der Waals surface area (Å²) in [6.07, 6.45) is 0. The van der Waals surface area contributed by atoms with Crippen molar-refractivity contribution in [2.75, 3.05) is 31.6 Å². The first-order valence-electron chi connectivity index (χ1n) is 11.7. The minimum Gasteiger partial charge on any atom is -0.379 e. The van der Waals surface area contributed by atoms with Crippen molar-refractivity contribution >= 4 is 32.5 Å². The Morgan fingerprint density at radius 2 is 1.72 bits per heavy atom. The number of anilines is 1. The molecule has 1 fully saturated rings. The molecule has 0 atom stereocenters. The molecular formula is C26H27N5O4S. The normalized spacial score (nSPS) is 14.8. The third-order valence-corrected chi connectivity index (χ3v) is 8.36. The molecule has 10 heteroatoms. The largest absolute Gasteiger partial charge is 0.379 e. The smallest absolute Gasteiger partial charge is 0.256 e. The zero-order valence-electron chi connectivity index (χ0n) is 20.4. The standard InChI is InChI=1S/C26H27N5O4S/c1-17-25(18(2)30(3)29-17)24-16-22(21-6-4-5-7-23(21)28-24)26(32)27-19-8-10-20(11-9-19)36(33,34)31-12-14-35-15-13-31/h4-11,16H,12-15H2,1-3H3,(H,27,32). The lowest BCUT2D eigenvalue weighted by Gasteiger charge is -2.26. The molecule has 0 bridgehead atoms. The van der Waals surface area contributed by atoms with E-state index in [1.165, 1.54) is 16.4 Å². The molecule has 2 aromatic heterocycles. The van der Waals surface area contributed by atoms with Gasteiger partial charge in [0, 0.05) is 42.5 Å². The number of aromatic nitrogens is 3. The van der Waals surface area contributed by atoms with Crippen molar-refractivity contribution < 1.29 is 17.9 Å². The number of amides is 1. The number of pyridine rings is 1. The van der Waals surface area contributed by atoms with E-state index in [0.29, 0.717) is 48.8 Å². The van der Waals surface area contributed by atoms with Crippen LogP contribution in [0, 0.1) is 13.8 Å². The molecule has 0 spiro atoms. The third-order valence-electron chi connectivity index (χ3n) is 6.45. The van der Waals surface area contributed by atoms with Gasteiger partial charge in [0.25, 0.3) is 5.91 Å². The number of hydrogen-bond acceptors (Lipinski definition) is 6. The van der Waals surface area contributed by atoms with E-state index in [4.69, 9.17) is 9.72 Å². The molecule has 5 rings (SSSR count). The van der Waals surface area contributed by atoms with Gasteiger partial charge in [0.2, 0.25) is 10.0 Å². The number of fused-ring (bicyclic) bond motifs is 1. The second-order valence-electron chi connectivity index (χ2n) is 8.74. The van der Waals surface area contributed by atoms with Crippen LogP contribution in [-0.4, -0.2) is 59.7 Å². The monoisotopic (exact) mass is 505 g/mol. The van der Waals surface area contributed by atoms with E-state index < -0.39 is 10.0 Å². The maximum Gasteiger partial charge on any atom is 0.256 e. The van der Waals surface area contributed by atoms with Gasteiger partial charge in [0.05, 0.1) is 40.6 Å². The maximum absolute atomic E-state index is 13.4. The number of nitrogens with zero attached hydrogens (tertiary/aromatic N) is 4. The highest BCUT2D eigenvalue weighted by atomic mass is 32.2. The Hall–Kier alpha value is -3.60. The highest BCUT2D eigenvalue weighted by Gasteiger charge is 2.26. The number of carbonyl (C=O) groups is 1. The minimum atomic E-state index is -3.61. The van der Waals surface area contributed by atoms with Crippen molar-refractivity contribution in [1.29, 1.82) is 0 Å². The van der Waals surface area contributed by atoms with E-state index in [-0.39, 0.29) is 10.8 Å². The summed E-state index contributed by atoms with van der Waals surface area (Å²) in [6, 6.07) is 15.5. The number of morpholine rings is 1. The van der Waals surface area contributed by atoms with Crippen molar-refractivity contribution in [3.63, 3.8) is 0 Å². The van der Waals surface area contributed by atoms with E-state index in [2.05, 4.69) is 10.4 Å². The number of carbonyl (C=O) groups excluding carboxylic acids is 1. The second kappa shape index (κ2) is 9.45. The van der Waals surface area contributed by atoms with Crippen molar-refractivity contribution in [3.05, 3.63) is 71.5 Å². The number of hydrogen-bond donors (Lipinski definition) is 1. The molecule has 0 aliphatic carbocycles. The maximum atomic E-state index is 13.4. The van der Waals surface area contributed by atoms with Crippen LogP contribution in [0.5, 0.6) is 0 Å². The summed E-state index contributed by atoms with van der Waals surface area (Å²) in [7, 11) is -1.73. The quantitative estimate of drug-likeness (QED) is 0.445. The molecule has 1 N–H and O–H groups in total. The summed E-state index contributed by atoms with van der Waals surface area (Å²) in [5, 5.41) is 8.12. The fourth-order valence-electron chi connectivity index (χ4n) is 4.48. The Bertz CT molecular complexity index is 1560. The molecule has 0 radical (unpaired) electrons. The highest BCUT2D eigenvalue weighted by molar-refractivity contribution is 7.89. The van der Waals surface area contributed by atoms with E-state index in [9.17, 15) is 13.2 Å². The Morgan fingerprint density at radius 1 is 1.03 bits per heavy atom. The van der Waals surface area contributed by atoms with Crippen LogP contribution in [0.15, 0.2) is 59.5 Å². The van der Waals surface area contributed by atoms with Gasteiger partial charge in [0.15, 0.2) is 0 Å². The van der Waals surface area contributed by atoms with E-state index in [1.54, 1.807) is 22.9 Å². The topological polar surface area (TPSA) is 106 Å². The molecular weight excluding hydrogens is 478 g/mol. The number of aryl methyl sites for hydroxylation is 2. The highest BCUT2D eigenvalue weighted by Crippen LogP contribution is 2.30. The molecule has 4 aromatic rings. The van der Waals surface area contributed by atoms with Crippen molar-refractivity contribution in [1.82, 2.24) is 19.1 Å². The number of benzene rings is 2. The molecule has 1 aliphatic rings. The average Bonchev–Trinajstić information content (AvgIpc) is 3.14. The molecule has 3 heterocycles. The van der Waals surface area contributed by atoms with Gasteiger partial charge >= 0.3 is 0 Å². The summed E-state index contributed by atoms with van der Waals surface area (Å²) < 4.78 is 34.2. The molecule has 0 unspecified atom stereocenters. The van der Waals surface area contributed by atoms with Crippen LogP contribution >= 0.6 is 0 Å². The van der Waals surface area contributed by atoms with Gasteiger partial charge < -0.3 is 10.1 Å². The van der Waals surface area contributed by atoms with Crippen LogP contribution in [0.2, 0.25) is 0 Å². The summed E-state index contributed by atoms with van der Waals surface area (Å²) >= 11 is 0. The van der Waals surface area contributed by atoms with Gasteiger partial charge in [0.1, 0.15) is 0 Å². The molecule has 36 heavy (non-hydrogen) atoms. The summed E-state index contributed by atoms with van der Waals surface area (Å²) in [6.45, 7) is 5.31. The SMILES string of the molecule is Cc1nn(C)c(C)c1-c1cc(C(=O)Nc2ccc(S(=O)(=O)N3CCOCC3)cc2)c2ccccc2n1. The number of sulfonamides is 1. The van der Waals surface area contributed by atoms with Crippen LogP contribution < -0.4 is 5.32 Å². The Morgan fingerprint density at radius 3 is 2.39 bits per heavy atom. The number of nitrogens with one attached hydrogen (secondary N) is 1. The van der Waals surface area contributed by atoms with Gasteiger partial charge in [-0.25, -0.2) is 13.4 Å². The van der Waals surface area contributed by atoms with Gasteiger partial charge in [-0.3, -0.25) is 9.48 Å². The number of ether oxygens (including phenoxy) is 1. The average molecular weight is 506 g/mol. The zero-order valence-corrected chi connectivity index (χ0v) is 21.2. The second-order valence-corrected chi connectivity index (χ2v) is 10.7. The van der Waals surface area contributed by atoms with Crippen LogP contribution in [0.4, 0.5) is 5.69 Å². The van der Waals surface area contributed by atoms with Crippen molar-refractivity contribution in [2.45, 2.75) is 18.7 Å². The number of rotatable bonds is 5. The number of para-hydroxylation sites is 1. The van der Waals surface area contributed by atoms with Gasteiger partial charge in [-0.15, -0.1) is 0 Å². The van der Waals surface area contributed by atoms with Crippen LogP contribution in [0.3, 0.4) is 0 Å². The first kappa shape index (κ1) is 24.1. The van der Waals surface area contributed by atoms with Gasteiger partial charge in [-0.05, 0) is 50.2 Å². The Balaban J connectivity index is 1.46. The molecule has 2 aromatic carbocycles. The molecule has 1 aliphatic heterocycles. The molecule has 186 valence electrons. The van der Waals surface area contributed by atoms with E-state index in [0.717, 1.165) is 22.3 Å². The van der Waals surface area contributed by atoms with Gasteiger partial charge in [-0.1, -0.05) is 18.2 Å². The Kier molecular flexibility index (Phi) is 6.33. The zero-order chi connectivity index (χ0) is 25.4. The minimum absolute atomic E-state index is 0.182. The van der Waals surface area contributed by atoms with Crippen molar-refractivity contribution in [3.8, 4) is 11.3 Å². The van der Waals surface area contributed by atoms with Gasteiger partial charge in [-0.2, -0.15) is 9.40 Å². The lowest BCUT2D eigenvalue weighted by Crippen LogP contribution is -2.40. The predicted octanol–water partition coefficient (Wildman–Crippen LogP) is 3.53. The molecule has 1 amide bonds. The third kappa shape index (κ3) is 4.39. The molecule has 0 saturated carbocycles.